The van der Waals surface area contributed by atoms with E-state index in [9.17, 15) is 0 Å². The van der Waals surface area contributed by atoms with Gasteiger partial charge in [-0.3, -0.25) is 0 Å². The molecule has 0 bridgehead atoms. The first-order valence-electron chi connectivity index (χ1n) is 6.01. The lowest BCUT2D eigenvalue weighted by Gasteiger charge is -2.19. The van der Waals surface area contributed by atoms with E-state index in [4.69, 9.17) is 8.85 Å². The maximum atomic E-state index is 5.50. The maximum absolute atomic E-state index is 5.50. The molecule has 16 heavy (non-hydrogen) atoms. The fourth-order valence-corrected chi connectivity index (χ4v) is 4.26. The highest BCUT2D eigenvalue weighted by molar-refractivity contribution is 6.61. The third-order valence-electron chi connectivity index (χ3n) is 3.47. The lowest BCUT2D eigenvalue weighted by Crippen LogP contribution is -2.37. The van der Waals surface area contributed by atoms with Gasteiger partial charge in [-0.25, -0.2) is 0 Å². The van der Waals surface area contributed by atoms with Gasteiger partial charge in [0.15, 0.2) is 0 Å². The van der Waals surface area contributed by atoms with Crippen LogP contribution in [0.2, 0.25) is 0 Å². The average molecular weight is 236 g/mol. The van der Waals surface area contributed by atoms with Crippen LogP contribution in [0.5, 0.6) is 0 Å². The van der Waals surface area contributed by atoms with E-state index >= 15 is 0 Å². The summed E-state index contributed by atoms with van der Waals surface area (Å²) in [6.07, 6.45) is 5.38. The van der Waals surface area contributed by atoms with Crippen LogP contribution in [-0.4, -0.2) is 23.5 Å². The van der Waals surface area contributed by atoms with Crippen molar-refractivity contribution in [2.45, 2.75) is 31.6 Å². The number of hydrogen-bond donors (Lipinski definition) is 0. The molecule has 88 valence electrons. The van der Waals surface area contributed by atoms with Crippen molar-refractivity contribution in [3.63, 3.8) is 0 Å². The summed E-state index contributed by atoms with van der Waals surface area (Å²) in [5, 5.41) is 1.33. The van der Waals surface area contributed by atoms with Gasteiger partial charge in [-0.2, -0.15) is 0 Å². The lowest BCUT2D eigenvalue weighted by molar-refractivity contribution is 0.291. The summed E-state index contributed by atoms with van der Waals surface area (Å²) in [5.74, 6) is 0.733. The number of rotatable bonds is 4. The van der Waals surface area contributed by atoms with Crippen LogP contribution in [0.15, 0.2) is 24.3 Å². The summed E-state index contributed by atoms with van der Waals surface area (Å²) in [6, 6.07) is 8.65. The summed E-state index contributed by atoms with van der Waals surface area (Å²) >= 11 is 0. The minimum Gasteiger partial charge on any atom is -0.397 e. The van der Waals surface area contributed by atoms with Crippen molar-refractivity contribution in [1.82, 2.24) is 0 Å². The zero-order valence-electron chi connectivity index (χ0n) is 10.1. The van der Waals surface area contributed by atoms with Crippen molar-refractivity contribution in [1.29, 1.82) is 0 Å². The van der Waals surface area contributed by atoms with Crippen molar-refractivity contribution in [2.24, 2.45) is 0 Å². The predicted molar refractivity (Wildman–Crippen MR) is 68.5 cm³/mol. The van der Waals surface area contributed by atoms with Crippen LogP contribution in [0.3, 0.4) is 0 Å². The molecule has 1 saturated carbocycles. The molecule has 0 N–H and O–H groups in total. The molecule has 0 unspecified atom stereocenters. The van der Waals surface area contributed by atoms with Crippen LogP contribution in [0.25, 0.3) is 0 Å². The SMILES string of the molecule is CO[SiH](OC)c1ccccc1C1CCCC1. The lowest BCUT2D eigenvalue weighted by atomic mass is 9.98. The summed E-state index contributed by atoms with van der Waals surface area (Å²) in [7, 11) is 1.87. The van der Waals surface area contributed by atoms with Crippen molar-refractivity contribution < 1.29 is 8.85 Å². The molecule has 0 spiro atoms. The molecule has 3 heteroatoms. The van der Waals surface area contributed by atoms with Gasteiger partial charge in [0.25, 0.3) is 0 Å². The molecule has 1 aliphatic rings. The second kappa shape index (κ2) is 5.62. The highest BCUT2D eigenvalue weighted by atomic mass is 28.3. The summed E-state index contributed by atoms with van der Waals surface area (Å²) in [6.45, 7) is 0. The van der Waals surface area contributed by atoms with Crippen LogP contribution in [0.1, 0.15) is 37.2 Å². The number of benzene rings is 1. The van der Waals surface area contributed by atoms with Gasteiger partial charge in [-0.1, -0.05) is 37.1 Å². The summed E-state index contributed by atoms with van der Waals surface area (Å²) in [5.41, 5.74) is 1.47. The summed E-state index contributed by atoms with van der Waals surface area (Å²) < 4.78 is 11.0. The third kappa shape index (κ3) is 2.37. The molecule has 0 aliphatic heterocycles. The molecular formula is C13H20O2Si. The number of hydrogen-bond acceptors (Lipinski definition) is 2. The second-order valence-corrected chi connectivity index (χ2v) is 6.64. The molecule has 0 atom stereocenters. The van der Waals surface area contributed by atoms with Gasteiger partial charge in [0.05, 0.1) is 0 Å². The van der Waals surface area contributed by atoms with Gasteiger partial charge >= 0.3 is 9.28 Å². The first-order chi connectivity index (χ1) is 7.86. The van der Waals surface area contributed by atoms with Gasteiger partial charge < -0.3 is 8.85 Å². The molecule has 0 amide bonds. The van der Waals surface area contributed by atoms with E-state index in [2.05, 4.69) is 24.3 Å². The molecule has 0 heterocycles. The Hall–Kier alpha value is -0.643. The van der Waals surface area contributed by atoms with Crippen LogP contribution in [-0.2, 0) is 8.85 Å². The first-order valence-corrected chi connectivity index (χ1v) is 7.53. The monoisotopic (exact) mass is 236 g/mol. The van der Waals surface area contributed by atoms with Crippen molar-refractivity contribution in [3.8, 4) is 0 Å². The van der Waals surface area contributed by atoms with E-state index in [1.54, 1.807) is 14.2 Å². The van der Waals surface area contributed by atoms with E-state index < -0.39 is 9.28 Å². The molecule has 0 radical (unpaired) electrons. The molecule has 1 aliphatic carbocycles. The van der Waals surface area contributed by atoms with E-state index in [-0.39, 0.29) is 0 Å². The van der Waals surface area contributed by atoms with Crippen LogP contribution in [0, 0.1) is 0 Å². The largest absolute Gasteiger partial charge is 0.397 e. The average Bonchev–Trinajstić information content (AvgIpc) is 2.85. The Balaban J connectivity index is 2.28. The van der Waals surface area contributed by atoms with Crippen molar-refractivity contribution in [2.75, 3.05) is 14.2 Å². The van der Waals surface area contributed by atoms with Gasteiger partial charge in [0.2, 0.25) is 0 Å². The molecule has 1 aromatic carbocycles. The van der Waals surface area contributed by atoms with E-state index in [1.165, 1.54) is 36.4 Å². The van der Waals surface area contributed by atoms with Crippen LogP contribution in [0.4, 0.5) is 0 Å². The quantitative estimate of drug-likeness (QED) is 0.745. The zero-order valence-corrected chi connectivity index (χ0v) is 11.3. The van der Waals surface area contributed by atoms with E-state index in [0.717, 1.165) is 5.92 Å². The summed E-state index contributed by atoms with van der Waals surface area (Å²) in [4.78, 5) is 0. The Labute approximate surface area is 99.4 Å². The standard InChI is InChI=1S/C13H20O2Si/c1-14-16(15-2)13-10-6-5-9-12(13)11-7-3-4-8-11/h5-6,9-11,16H,3-4,7-8H2,1-2H3. The Bertz CT molecular complexity index is 309. The highest BCUT2D eigenvalue weighted by Gasteiger charge is 2.24. The van der Waals surface area contributed by atoms with Crippen molar-refractivity contribution in [3.05, 3.63) is 29.8 Å². The van der Waals surface area contributed by atoms with Gasteiger partial charge in [0, 0.05) is 14.2 Å². The van der Waals surface area contributed by atoms with Gasteiger partial charge in [-0.05, 0) is 29.5 Å². The van der Waals surface area contributed by atoms with E-state index in [0.29, 0.717) is 0 Å². The van der Waals surface area contributed by atoms with Crippen LogP contribution < -0.4 is 5.19 Å². The smallest absolute Gasteiger partial charge is 0.355 e. The second-order valence-electron chi connectivity index (χ2n) is 4.41. The van der Waals surface area contributed by atoms with Gasteiger partial charge in [0.1, 0.15) is 0 Å². The van der Waals surface area contributed by atoms with Crippen molar-refractivity contribution >= 4 is 14.5 Å². The molecule has 0 saturated heterocycles. The van der Waals surface area contributed by atoms with Crippen LogP contribution >= 0.6 is 0 Å². The molecule has 2 nitrogen and oxygen atoms in total. The minimum atomic E-state index is -1.65. The maximum Gasteiger partial charge on any atom is 0.355 e. The minimum absolute atomic E-state index is 0.733. The molecule has 2 rings (SSSR count). The highest BCUT2D eigenvalue weighted by Crippen LogP contribution is 2.33. The van der Waals surface area contributed by atoms with E-state index in [1.807, 2.05) is 0 Å². The zero-order chi connectivity index (χ0) is 11.4. The first kappa shape index (κ1) is 11.8. The molecule has 0 aromatic heterocycles. The fourth-order valence-electron chi connectivity index (χ4n) is 2.68. The molecule has 1 aromatic rings. The molecule has 1 fully saturated rings. The topological polar surface area (TPSA) is 18.5 Å². The predicted octanol–water partition coefficient (Wildman–Crippen LogP) is 2.06. The third-order valence-corrected chi connectivity index (χ3v) is 5.36. The Morgan fingerprint density at radius 1 is 1.06 bits per heavy atom. The molecular weight excluding hydrogens is 216 g/mol. The Kier molecular flexibility index (Phi) is 4.15. The van der Waals surface area contributed by atoms with Gasteiger partial charge in [-0.15, -0.1) is 0 Å². The Morgan fingerprint density at radius 2 is 1.69 bits per heavy atom. The Morgan fingerprint density at radius 3 is 2.31 bits per heavy atom. The normalized spacial score (nSPS) is 17.2. The fraction of sp³-hybridized carbons (Fsp3) is 0.538.